The van der Waals surface area contributed by atoms with Crippen LogP contribution in [0.2, 0.25) is 0 Å². The van der Waals surface area contributed by atoms with Crippen molar-refractivity contribution in [3.63, 3.8) is 0 Å². The van der Waals surface area contributed by atoms with Crippen molar-refractivity contribution >= 4 is 17.9 Å². The molecule has 0 radical (unpaired) electrons. The number of hydrogen-bond donors (Lipinski definition) is 0. The largest absolute Gasteiger partial charge is 0.462 e. The zero-order chi connectivity index (χ0) is 51.4. The van der Waals surface area contributed by atoms with Gasteiger partial charge >= 0.3 is 17.9 Å². The zero-order valence-corrected chi connectivity index (χ0v) is 47.2. The van der Waals surface area contributed by atoms with E-state index < -0.39 is 6.10 Å². The Balaban J connectivity index is 4.15. The predicted octanol–water partition coefficient (Wildman–Crippen LogP) is 20.8. The number of hydrogen-bond acceptors (Lipinski definition) is 6. The van der Waals surface area contributed by atoms with Crippen LogP contribution in [0.15, 0.2) is 60.8 Å². The number of esters is 3. The second-order valence-electron chi connectivity index (χ2n) is 20.6. The van der Waals surface area contributed by atoms with Crippen LogP contribution in [0.5, 0.6) is 0 Å². The Hall–Kier alpha value is -2.89. The summed E-state index contributed by atoms with van der Waals surface area (Å²) in [5.74, 6) is -0.887. The second kappa shape index (κ2) is 59.7. The lowest BCUT2D eigenvalue weighted by atomic mass is 10.0. The smallest absolute Gasteiger partial charge is 0.306 e. The molecule has 6 nitrogen and oxygen atoms in total. The lowest BCUT2D eigenvalue weighted by Crippen LogP contribution is -2.30. The molecule has 0 spiro atoms. The molecule has 1 atom stereocenters. The predicted molar refractivity (Wildman–Crippen MR) is 307 cm³/mol. The molecule has 0 aromatic heterocycles. The van der Waals surface area contributed by atoms with E-state index in [1.54, 1.807) is 0 Å². The monoisotopic (exact) mass is 993 g/mol. The van der Waals surface area contributed by atoms with Crippen LogP contribution in [0.3, 0.4) is 0 Å². The van der Waals surface area contributed by atoms with Gasteiger partial charge in [-0.25, -0.2) is 0 Å². The molecule has 0 saturated heterocycles. The summed E-state index contributed by atoms with van der Waals surface area (Å²) in [5.41, 5.74) is 0. The van der Waals surface area contributed by atoms with Crippen LogP contribution < -0.4 is 0 Å². The summed E-state index contributed by atoms with van der Waals surface area (Å²) >= 11 is 0. The molecule has 0 bridgehead atoms. The number of rotatable bonds is 56. The SMILES string of the molecule is CCCCC/C=C\CCCCCCCC(=O)OCC(COC(=O)CCCCCCCCCCCCCCCC/C=C\C/C=C\C/C=C\CCCCCCC)OC(=O)CCCCCCC/C=C\CCCCC. The van der Waals surface area contributed by atoms with Crippen molar-refractivity contribution in [2.75, 3.05) is 13.2 Å². The Morgan fingerprint density at radius 2 is 0.507 bits per heavy atom. The van der Waals surface area contributed by atoms with Gasteiger partial charge in [0, 0.05) is 19.3 Å². The highest BCUT2D eigenvalue weighted by Crippen LogP contribution is 2.16. The highest BCUT2D eigenvalue weighted by Gasteiger charge is 2.19. The number of allylic oxidation sites excluding steroid dienone is 10. The maximum absolute atomic E-state index is 12.8. The van der Waals surface area contributed by atoms with E-state index in [0.29, 0.717) is 19.3 Å². The van der Waals surface area contributed by atoms with Crippen molar-refractivity contribution in [1.82, 2.24) is 0 Å². The number of unbranched alkanes of at least 4 members (excludes halogenated alkanes) is 35. The quantitative estimate of drug-likeness (QED) is 0.0261. The van der Waals surface area contributed by atoms with Crippen LogP contribution in [0.1, 0.15) is 316 Å². The number of carbonyl (C=O) groups is 3. The third-order valence-corrected chi connectivity index (χ3v) is 13.5. The first-order valence-corrected chi connectivity index (χ1v) is 30.8. The summed E-state index contributed by atoms with van der Waals surface area (Å²) in [6, 6.07) is 0. The van der Waals surface area contributed by atoms with E-state index in [1.165, 1.54) is 186 Å². The van der Waals surface area contributed by atoms with Crippen molar-refractivity contribution in [2.45, 2.75) is 322 Å². The van der Waals surface area contributed by atoms with Gasteiger partial charge in [-0.3, -0.25) is 14.4 Å². The van der Waals surface area contributed by atoms with Gasteiger partial charge in [-0.1, -0.05) is 248 Å². The number of carbonyl (C=O) groups excluding carboxylic acids is 3. The van der Waals surface area contributed by atoms with Crippen molar-refractivity contribution < 1.29 is 28.6 Å². The molecule has 0 amide bonds. The van der Waals surface area contributed by atoms with E-state index in [-0.39, 0.29) is 31.1 Å². The maximum atomic E-state index is 12.8. The first kappa shape index (κ1) is 68.1. The van der Waals surface area contributed by atoms with E-state index in [9.17, 15) is 14.4 Å². The Bertz CT molecular complexity index is 1280. The fourth-order valence-electron chi connectivity index (χ4n) is 8.79. The van der Waals surface area contributed by atoms with Crippen LogP contribution in [-0.2, 0) is 28.6 Å². The molecule has 0 heterocycles. The normalized spacial score (nSPS) is 12.4. The molecule has 0 aromatic rings. The molecule has 71 heavy (non-hydrogen) atoms. The van der Waals surface area contributed by atoms with Crippen LogP contribution >= 0.6 is 0 Å². The van der Waals surface area contributed by atoms with Gasteiger partial charge in [-0.05, 0) is 109 Å². The van der Waals surface area contributed by atoms with Crippen LogP contribution in [0.25, 0.3) is 0 Å². The molecule has 0 fully saturated rings. The molecular formula is C65H116O6. The molecule has 412 valence electrons. The average molecular weight is 994 g/mol. The Labute approximate surface area is 440 Å². The van der Waals surface area contributed by atoms with Gasteiger partial charge in [-0.2, -0.15) is 0 Å². The molecule has 0 aromatic carbocycles. The third kappa shape index (κ3) is 57.9. The summed E-state index contributed by atoms with van der Waals surface area (Å²) < 4.78 is 16.8. The van der Waals surface area contributed by atoms with Gasteiger partial charge in [0.15, 0.2) is 6.10 Å². The first-order chi connectivity index (χ1) is 35.0. The Kier molecular flexibility index (Phi) is 57.2. The second-order valence-corrected chi connectivity index (χ2v) is 20.6. The van der Waals surface area contributed by atoms with E-state index in [0.717, 1.165) is 89.9 Å². The van der Waals surface area contributed by atoms with Crippen molar-refractivity contribution in [1.29, 1.82) is 0 Å². The van der Waals surface area contributed by atoms with Gasteiger partial charge in [-0.15, -0.1) is 0 Å². The number of ether oxygens (including phenoxy) is 3. The maximum Gasteiger partial charge on any atom is 0.306 e. The van der Waals surface area contributed by atoms with Crippen molar-refractivity contribution in [3.05, 3.63) is 60.8 Å². The molecule has 0 aliphatic rings. The van der Waals surface area contributed by atoms with Gasteiger partial charge in [0.2, 0.25) is 0 Å². The minimum Gasteiger partial charge on any atom is -0.462 e. The molecular weight excluding hydrogens is 877 g/mol. The van der Waals surface area contributed by atoms with Gasteiger partial charge in [0.05, 0.1) is 0 Å². The summed E-state index contributed by atoms with van der Waals surface area (Å²) in [6.07, 6.45) is 75.2. The van der Waals surface area contributed by atoms with E-state index >= 15 is 0 Å². The van der Waals surface area contributed by atoms with Crippen molar-refractivity contribution in [2.24, 2.45) is 0 Å². The highest BCUT2D eigenvalue weighted by atomic mass is 16.6. The highest BCUT2D eigenvalue weighted by molar-refractivity contribution is 5.71. The topological polar surface area (TPSA) is 78.9 Å². The lowest BCUT2D eigenvalue weighted by Gasteiger charge is -2.18. The Morgan fingerprint density at radius 3 is 0.831 bits per heavy atom. The van der Waals surface area contributed by atoms with Gasteiger partial charge < -0.3 is 14.2 Å². The lowest BCUT2D eigenvalue weighted by molar-refractivity contribution is -0.167. The van der Waals surface area contributed by atoms with E-state index in [1.807, 2.05) is 0 Å². The summed E-state index contributed by atoms with van der Waals surface area (Å²) in [7, 11) is 0. The van der Waals surface area contributed by atoms with Crippen molar-refractivity contribution in [3.8, 4) is 0 Å². The minimum atomic E-state index is -0.780. The van der Waals surface area contributed by atoms with Crippen LogP contribution in [0, 0.1) is 0 Å². The first-order valence-electron chi connectivity index (χ1n) is 30.8. The summed E-state index contributed by atoms with van der Waals surface area (Å²) in [5, 5.41) is 0. The third-order valence-electron chi connectivity index (χ3n) is 13.5. The van der Waals surface area contributed by atoms with Gasteiger partial charge in [0.25, 0.3) is 0 Å². The molecule has 0 rings (SSSR count). The molecule has 0 N–H and O–H groups in total. The van der Waals surface area contributed by atoms with E-state index in [4.69, 9.17) is 14.2 Å². The van der Waals surface area contributed by atoms with Crippen LogP contribution in [0.4, 0.5) is 0 Å². The van der Waals surface area contributed by atoms with Crippen LogP contribution in [-0.4, -0.2) is 37.2 Å². The summed E-state index contributed by atoms with van der Waals surface area (Å²) in [6.45, 7) is 6.59. The zero-order valence-electron chi connectivity index (χ0n) is 47.2. The molecule has 0 aliphatic heterocycles. The van der Waals surface area contributed by atoms with Gasteiger partial charge in [0.1, 0.15) is 13.2 Å². The average Bonchev–Trinajstić information content (AvgIpc) is 3.37. The Morgan fingerprint density at radius 1 is 0.282 bits per heavy atom. The van der Waals surface area contributed by atoms with E-state index in [2.05, 4.69) is 81.5 Å². The minimum absolute atomic E-state index is 0.0786. The fraction of sp³-hybridized carbons (Fsp3) is 0.800. The molecule has 1 unspecified atom stereocenters. The molecule has 0 aliphatic carbocycles. The summed E-state index contributed by atoms with van der Waals surface area (Å²) in [4.78, 5) is 38.1. The molecule has 6 heteroatoms. The molecule has 0 saturated carbocycles. The standard InChI is InChI=1S/C65H116O6/c1-4-7-10-13-16-19-22-25-26-27-28-29-30-31-32-33-34-35-36-37-38-39-40-41-44-46-49-52-55-58-64(67)70-61-62(71-65(68)59-56-53-50-47-43-24-21-18-15-12-9-6-3)60-69-63(66)57-54-51-48-45-42-23-20-17-14-11-8-5-2/h17-18,20-22,25,27-28,30-31,62H,4-16,19,23-24,26,29,32-61H2,1-3H3/b20-17-,21-18-,25-22-,28-27-,31-30-. The fourth-order valence-corrected chi connectivity index (χ4v) is 8.79.